The molecule has 0 bridgehead atoms. The topological polar surface area (TPSA) is 49.4 Å². The zero-order chi connectivity index (χ0) is 15.6. The van der Waals surface area contributed by atoms with E-state index in [1.165, 1.54) is 16.7 Å². The molecule has 1 fully saturated rings. The summed E-state index contributed by atoms with van der Waals surface area (Å²) in [7, 11) is 0. The first-order valence-corrected chi connectivity index (χ1v) is 8.20. The Morgan fingerprint density at radius 1 is 1.43 bits per heavy atom. The molecule has 112 valence electrons. The van der Waals surface area contributed by atoms with Crippen molar-refractivity contribution in [3.63, 3.8) is 0 Å². The third kappa shape index (κ3) is 4.10. The van der Waals surface area contributed by atoms with Gasteiger partial charge in [-0.15, -0.1) is 0 Å². The second-order valence-electron chi connectivity index (χ2n) is 4.44. The van der Waals surface area contributed by atoms with Crippen LogP contribution in [0.1, 0.15) is 13.3 Å². The van der Waals surface area contributed by atoms with Gasteiger partial charge in [-0.1, -0.05) is 47.2 Å². The number of hydrogen-bond donors (Lipinski definition) is 1. The van der Waals surface area contributed by atoms with Gasteiger partial charge in [0.15, 0.2) is 0 Å². The molecule has 8 heteroatoms. The van der Waals surface area contributed by atoms with Crippen molar-refractivity contribution in [2.24, 2.45) is 0 Å². The molecule has 0 aliphatic carbocycles. The molecule has 0 aromatic heterocycles. The molecule has 2 rings (SSSR count). The predicted molar refractivity (Wildman–Crippen MR) is 91.1 cm³/mol. The van der Waals surface area contributed by atoms with Crippen LogP contribution in [0.25, 0.3) is 0 Å². The summed E-state index contributed by atoms with van der Waals surface area (Å²) in [5, 5.41) is 3.33. The lowest BCUT2D eigenvalue weighted by Gasteiger charge is -2.14. The molecular formula is C13H12Cl2N2O2S2. The number of amides is 2. The van der Waals surface area contributed by atoms with E-state index in [-0.39, 0.29) is 30.0 Å². The number of halogens is 2. The number of benzene rings is 1. The van der Waals surface area contributed by atoms with E-state index in [9.17, 15) is 9.59 Å². The molecule has 1 unspecified atom stereocenters. The molecule has 2 amide bonds. The van der Waals surface area contributed by atoms with Gasteiger partial charge in [-0.25, -0.2) is 0 Å². The van der Waals surface area contributed by atoms with Crippen molar-refractivity contribution in [2.75, 3.05) is 11.9 Å². The molecule has 0 radical (unpaired) electrons. The average Bonchev–Trinajstić information content (AvgIpc) is 2.66. The van der Waals surface area contributed by atoms with Crippen LogP contribution in [-0.2, 0) is 9.59 Å². The van der Waals surface area contributed by atoms with E-state index < -0.39 is 0 Å². The highest BCUT2D eigenvalue weighted by molar-refractivity contribution is 8.24. The maximum Gasteiger partial charge on any atom is 0.241 e. The van der Waals surface area contributed by atoms with Gasteiger partial charge in [-0.05, 0) is 25.1 Å². The summed E-state index contributed by atoms with van der Waals surface area (Å²) in [4.78, 5) is 25.2. The second kappa shape index (κ2) is 6.96. The lowest BCUT2D eigenvalue weighted by molar-refractivity contribution is -0.126. The Balaban J connectivity index is 1.89. The van der Waals surface area contributed by atoms with Gasteiger partial charge in [-0.2, -0.15) is 0 Å². The molecule has 1 N–H and O–H groups in total. The molecule has 0 spiro atoms. The highest BCUT2D eigenvalue weighted by Gasteiger charge is 2.33. The lowest BCUT2D eigenvalue weighted by atomic mass is 10.3. The van der Waals surface area contributed by atoms with Crippen LogP contribution in [-0.4, -0.2) is 32.8 Å². The first-order chi connectivity index (χ1) is 9.88. The summed E-state index contributed by atoms with van der Waals surface area (Å²) in [5.74, 6) is -0.263. The Kier molecular flexibility index (Phi) is 5.48. The molecule has 1 atom stereocenters. The smallest absolute Gasteiger partial charge is 0.241 e. The number of carbonyl (C=O) groups excluding carboxylic acids is 2. The van der Waals surface area contributed by atoms with E-state index in [1.54, 1.807) is 25.1 Å². The van der Waals surface area contributed by atoms with Crippen LogP contribution in [0, 0.1) is 0 Å². The lowest BCUT2D eigenvalue weighted by Crippen LogP contribution is -2.33. The monoisotopic (exact) mass is 362 g/mol. The summed E-state index contributed by atoms with van der Waals surface area (Å²) < 4.78 is 0.523. The molecule has 1 saturated heterocycles. The highest BCUT2D eigenvalue weighted by Crippen LogP contribution is 2.27. The Hall–Kier alpha value is -0.820. The fraction of sp³-hybridized carbons (Fsp3) is 0.308. The van der Waals surface area contributed by atoms with Gasteiger partial charge >= 0.3 is 0 Å². The molecule has 1 heterocycles. The average molecular weight is 363 g/mol. The predicted octanol–water partition coefficient (Wildman–Crippen LogP) is 3.57. The minimum Gasteiger partial charge on any atom is -0.326 e. The number of nitrogens with one attached hydrogen (secondary N) is 1. The molecule has 1 aliphatic rings. The number of anilines is 1. The minimum atomic E-state index is -0.214. The minimum absolute atomic E-state index is 0.0488. The summed E-state index contributed by atoms with van der Waals surface area (Å²) in [6.45, 7) is 2.08. The summed E-state index contributed by atoms with van der Waals surface area (Å²) in [6.07, 6.45) is 0.166. The van der Waals surface area contributed by atoms with Gasteiger partial charge in [0.1, 0.15) is 4.32 Å². The highest BCUT2D eigenvalue weighted by atomic mass is 35.5. The Morgan fingerprint density at radius 3 is 2.71 bits per heavy atom. The van der Waals surface area contributed by atoms with E-state index in [2.05, 4.69) is 5.32 Å². The van der Waals surface area contributed by atoms with Crippen LogP contribution < -0.4 is 5.32 Å². The molecule has 21 heavy (non-hydrogen) atoms. The van der Waals surface area contributed by atoms with Gasteiger partial charge in [0, 0.05) is 18.7 Å². The first kappa shape index (κ1) is 16.5. The van der Waals surface area contributed by atoms with Crippen molar-refractivity contribution < 1.29 is 9.59 Å². The third-order valence-corrected chi connectivity index (χ3v) is 5.10. The zero-order valence-corrected chi connectivity index (χ0v) is 14.2. The van der Waals surface area contributed by atoms with Crippen LogP contribution >= 0.6 is 47.2 Å². The van der Waals surface area contributed by atoms with Crippen molar-refractivity contribution in [3.8, 4) is 0 Å². The number of nitrogens with zero attached hydrogens (tertiary/aromatic N) is 1. The zero-order valence-electron chi connectivity index (χ0n) is 11.1. The molecular weight excluding hydrogens is 351 g/mol. The second-order valence-corrected chi connectivity index (χ2v) is 7.23. The van der Waals surface area contributed by atoms with Crippen molar-refractivity contribution in [2.45, 2.75) is 18.6 Å². The van der Waals surface area contributed by atoms with Crippen molar-refractivity contribution in [3.05, 3.63) is 28.2 Å². The van der Waals surface area contributed by atoms with Crippen molar-refractivity contribution in [1.29, 1.82) is 0 Å². The Morgan fingerprint density at radius 2 is 2.14 bits per heavy atom. The number of thioether (sulfide) groups is 1. The van der Waals surface area contributed by atoms with E-state index in [0.29, 0.717) is 20.1 Å². The number of carbonyl (C=O) groups is 2. The van der Waals surface area contributed by atoms with Gasteiger partial charge in [0.25, 0.3) is 0 Å². The van der Waals surface area contributed by atoms with E-state index >= 15 is 0 Å². The van der Waals surface area contributed by atoms with E-state index in [0.717, 1.165) is 0 Å². The third-order valence-electron chi connectivity index (χ3n) is 2.88. The quantitative estimate of drug-likeness (QED) is 0.831. The number of thiocarbonyl (C=S) groups is 1. The van der Waals surface area contributed by atoms with E-state index in [4.69, 9.17) is 35.4 Å². The number of rotatable bonds is 4. The van der Waals surface area contributed by atoms with Gasteiger partial charge in [0.2, 0.25) is 11.8 Å². The van der Waals surface area contributed by atoms with Gasteiger partial charge in [-0.3, -0.25) is 14.5 Å². The van der Waals surface area contributed by atoms with Crippen LogP contribution in [0.15, 0.2) is 18.2 Å². The van der Waals surface area contributed by atoms with Crippen LogP contribution in [0.4, 0.5) is 5.69 Å². The molecule has 4 nitrogen and oxygen atoms in total. The number of hydrogen-bond acceptors (Lipinski definition) is 4. The molecule has 1 aliphatic heterocycles. The maximum atomic E-state index is 11.9. The Bertz CT molecular complexity index is 610. The summed E-state index contributed by atoms with van der Waals surface area (Å²) >= 11 is 18.1. The normalized spacial score (nSPS) is 18.2. The Labute approximate surface area is 142 Å². The molecule has 0 saturated carbocycles. The maximum absolute atomic E-state index is 11.9. The van der Waals surface area contributed by atoms with E-state index in [1.807, 2.05) is 0 Å². The fourth-order valence-electron chi connectivity index (χ4n) is 1.79. The van der Waals surface area contributed by atoms with Crippen molar-refractivity contribution >= 4 is 69.0 Å². The molecule has 1 aromatic rings. The van der Waals surface area contributed by atoms with Crippen LogP contribution in [0.2, 0.25) is 10.0 Å². The van der Waals surface area contributed by atoms with Gasteiger partial charge < -0.3 is 5.32 Å². The fourth-order valence-corrected chi connectivity index (χ4v) is 3.54. The summed E-state index contributed by atoms with van der Waals surface area (Å²) in [5.41, 5.74) is 0.562. The van der Waals surface area contributed by atoms with Gasteiger partial charge in [0.05, 0.1) is 15.3 Å². The first-order valence-electron chi connectivity index (χ1n) is 6.15. The standard InChI is InChI=1S/C13H12Cl2N2O2S2/c1-7-12(19)17(13(20)21-7)5-4-11(18)16-8-2-3-9(14)10(15)6-8/h2-3,6-7H,4-5H2,1H3,(H,16,18). The van der Waals surface area contributed by atoms with Crippen molar-refractivity contribution in [1.82, 2.24) is 4.90 Å². The van der Waals surface area contributed by atoms with Crippen LogP contribution in [0.3, 0.4) is 0 Å². The van der Waals surface area contributed by atoms with Crippen LogP contribution in [0.5, 0.6) is 0 Å². The molecule has 1 aromatic carbocycles. The SMILES string of the molecule is CC1SC(=S)N(CCC(=O)Nc2ccc(Cl)c(Cl)c2)C1=O. The largest absolute Gasteiger partial charge is 0.326 e. The summed E-state index contributed by atoms with van der Waals surface area (Å²) in [6, 6.07) is 4.85.